The number of hydrazine groups is 1. The van der Waals surface area contributed by atoms with Gasteiger partial charge in [-0.3, -0.25) is 5.43 Å². The van der Waals surface area contributed by atoms with E-state index in [0.29, 0.717) is 13.1 Å². The van der Waals surface area contributed by atoms with Crippen LogP contribution in [-0.2, 0) is 0 Å². The zero-order valence-corrected chi connectivity index (χ0v) is 4.48. The maximum absolute atomic E-state index is 10.2. The smallest absolute Gasteiger partial charge is 0.328 e. The minimum Gasteiger partial charge on any atom is -0.336 e. The first-order valence-corrected chi connectivity index (χ1v) is 2.25. The van der Waals surface area contributed by atoms with Crippen molar-refractivity contribution in [1.29, 1.82) is 0 Å². The Labute approximate surface area is 47.4 Å². The predicted octanol–water partition coefficient (Wildman–Crippen LogP) is -1.88. The largest absolute Gasteiger partial charge is 0.336 e. The normalized spacial score (nSPS) is 8.25. The van der Waals surface area contributed by atoms with Gasteiger partial charge in [-0.2, -0.15) is 0 Å². The minimum atomic E-state index is -0.407. The van der Waals surface area contributed by atoms with Crippen molar-refractivity contribution in [2.75, 3.05) is 13.1 Å². The summed E-state index contributed by atoms with van der Waals surface area (Å²) in [6.45, 7) is 0.871. The maximum atomic E-state index is 10.2. The molecule has 0 aromatic rings. The van der Waals surface area contributed by atoms with Gasteiger partial charge in [0.05, 0.1) is 0 Å². The van der Waals surface area contributed by atoms with Gasteiger partial charge in [-0.25, -0.2) is 10.6 Å². The van der Waals surface area contributed by atoms with E-state index < -0.39 is 6.03 Å². The van der Waals surface area contributed by atoms with Crippen LogP contribution in [0.4, 0.5) is 4.79 Å². The summed E-state index contributed by atoms with van der Waals surface area (Å²) in [4.78, 5) is 10.2. The second-order valence-corrected chi connectivity index (χ2v) is 1.19. The summed E-state index contributed by atoms with van der Waals surface area (Å²) >= 11 is 0. The highest BCUT2D eigenvalue weighted by molar-refractivity contribution is 5.72. The SMILES string of the molecule is NCCNC(=O)NN. The Balaban J connectivity index is 2.99. The summed E-state index contributed by atoms with van der Waals surface area (Å²) in [7, 11) is 0. The molecule has 48 valence electrons. The number of hydrogen-bond acceptors (Lipinski definition) is 3. The van der Waals surface area contributed by atoms with E-state index in [9.17, 15) is 4.79 Å². The lowest BCUT2D eigenvalue weighted by Crippen LogP contribution is -2.41. The molecule has 0 aliphatic heterocycles. The molecule has 0 aromatic heterocycles. The zero-order valence-electron chi connectivity index (χ0n) is 4.48. The average molecular weight is 118 g/mol. The van der Waals surface area contributed by atoms with Gasteiger partial charge in [-0.1, -0.05) is 0 Å². The quantitative estimate of drug-likeness (QED) is 0.194. The van der Waals surface area contributed by atoms with Crippen LogP contribution in [0.2, 0.25) is 0 Å². The van der Waals surface area contributed by atoms with Crippen LogP contribution in [0.3, 0.4) is 0 Å². The fourth-order valence-electron chi connectivity index (χ4n) is 0.237. The summed E-state index contributed by atoms with van der Waals surface area (Å²) < 4.78 is 0. The molecule has 6 N–H and O–H groups in total. The number of rotatable bonds is 2. The van der Waals surface area contributed by atoms with Gasteiger partial charge in [0.25, 0.3) is 0 Å². The lowest BCUT2D eigenvalue weighted by molar-refractivity contribution is 0.241. The van der Waals surface area contributed by atoms with Crippen LogP contribution in [0.15, 0.2) is 0 Å². The number of nitrogens with two attached hydrogens (primary N) is 2. The van der Waals surface area contributed by atoms with Crippen LogP contribution in [0.5, 0.6) is 0 Å². The van der Waals surface area contributed by atoms with Crippen LogP contribution < -0.4 is 22.3 Å². The molecule has 0 radical (unpaired) electrons. The summed E-state index contributed by atoms with van der Waals surface area (Å²) in [5.74, 6) is 4.71. The third kappa shape index (κ3) is 3.38. The molecule has 0 aromatic carbocycles. The molecule has 0 bridgehead atoms. The van der Waals surface area contributed by atoms with Crippen LogP contribution in [0.25, 0.3) is 0 Å². The summed E-state index contributed by atoms with van der Waals surface area (Å²) in [6.07, 6.45) is 0. The second-order valence-electron chi connectivity index (χ2n) is 1.19. The molecule has 0 fully saturated rings. The molecule has 0 aliphatic carbocycles. The van der Waals surface area contributed by atoms with E-state index in [1.165, 1.54) is 0 Å². The van der Waals surface area contributed by atoms with E-state index >= 15 is 0 Å². The zero-order chi connectivity index (χ0) is 6.41. The number of hydrogen-bond donors (Lipinski definition) is 4. The summed E-state index contributed by atoms with van der Waals surface area (Å²) in [5, 5.41) is 2.38. The Hall–Kier alpha value is -0.810. The highest BCUT2D eigenvalue weighted by Crippen LogP contribution is 1.54. The number of carbonyl (C=O) groups excluding carboxylic acids is 1. The van der Waals surface area contributed by atoms with Crippen molar-refractivity contribution in [1.82, 2.24) is 10.7 Å². The molecular weight excluding hydrogens is 108 g/mol. The van der Waals surface area contributed by atoms with Crippen molar-refractivity contribution in [2.45, 2.75) is 0 Å². The number of nitrogens with one attached hydrogen (secondary N) is 2. The fraction of sp³-hybridized carbons (Fsp3) is 0.667. The Bertz CT molecular complexity index is 73.7. The number of amides is 2. The highest BCUT2D eigenvalue weighted by Gasteiger charge is 1.89. The van der Waals surface area contributed by atoms with Crippen LogP contribution in [0, 0.1) is 0 Å². The lowest BCUT2D eigenvalue weighted by atomic mass is 10.6. The van der Waals surface area contributed by atoms with Gasteiger partial charge >= 0.3 is 6.03 Å². The molecule has 8 heavy (non-hydrogen) atoms. The molecule has 5 heteroatoms. The first-order chi connectivity index (χ1) is 3.81. The van der Waals surface area contributed by atoms with Gasteiger partial charge in [0.15, 0.2) is 0 Å². The van der Waals surface area contributed by atoms with Gasteiger partial charge in [0.2, 0.25) is 0 Å². The minimum absolute atomic E-state index is 0.407. The van der Waals surface area contributed by atoms with Gasteiger partial charge in [-0.05, 0) is 0 Å². The van der Waals surface area contributed by atoms with Crippen LogP contribution >= 0.6 is 0 Å². The Morgan fingerprint density at radius 2 is 2.25 bits per heavy atom. The van der Waals surface area contributed by atoms with Crippen molar-refractivity contribution in [3.8, 4) is 0 Å². The maximum Gasteiger partial charge on any atom is 0.328 e. The van der Waals surface area contributed by atoms with Gasteiger partial charge in [0.1, 0.15) is 0 Å². The highest BCUT2D eigenvalue weighted by atomic mass is 16.2. The number of urea groups is 1. The molecule has 0 aliphatic rings. The van der Waals surface area contributed by atoms with E-state index in [0.717, 1.165) is 0 Å². The van der Waals surface area contributed by atoms with Crippen LogP contribution in [0.1, 0.15) is 0 Å². The fourth-order valence-corrected chi connectivity index (χ4v) is 0.237. The molecule has 0 rings (SSSR count). The van der Waals surface area contributed by atoms with Crippen molar-refractivity contribution >= 4 is 6.03 Å². The van der Waals surface area contributed by atoms with E-state index in [2.05, 4.69) is 5.32 Å². The summed E-state index contributed by atoms with van der Waals surface area (Å²) in [6, 6.07) is -0.407. The molecule has 0 unspecified atom stereocenters. The molecule has 0 atom stereocenters. The third-order valence-corrected chi connectivity index (χ3v) is 0.561. The van der Waals surface area contributed by atoms with Crippen LogP contribution in [-0.4, -0.2) is 19.1 Å². The van der Waals surface area contributed by atoms with E-state index in [-0.39, 0.29) is 0 Å². The molecule has 0 saturated carbocycles. The molecule has 5 nitrogen and oxygen atoms in total. The van der Waals surface area contributed by atoms with E-state index in [1.807, 2.05) is 5.43 Å². The number of carbonyl (C=O) groups is 1. The third-order valence-electron chi connectivity index (χ3n) is 0.561. The van der Waals surface area contributed by atoms with E-state index in [4.69, 9.17) is 11.6 Å². The molecule has 0 spiro atoms. The standard InChI is InChI=1S/C3H10N4O/c4-1-2-6-3(8)7-5/h1-2,4-5H2,(H2,6,7,8). The van der Waals surface area contributed by atoms with Gasteiger partial charge < -0.3 is 11.1 Å². The van der Waals surface area contributed by atoms with Crippen molar-refractivity contribution < 1.29 is 4.79 Å². The first kappa shape index (κ1) is 7.19. The Morgan fingerprint density at radius 1 is 1.62 bits per heavy atom. The van der Waals surface area contributed by atoms with Crippen molar-refractivity contribution in [2.24, 2.45) is 11.6 Å². The molecule has 2 amide bonds. The first-order valence-electron chi connectivity index (χ1n) is 2.25. The molecule has 0 saturated heterocycles. The molecule has 0 heterocycles. The summed E-state index contributed by atoms with van der Waals surface area (Å²) in [5.41, 5.74) is 6.94. The van der Waals surface area contributed by atoms with Crippen molar-refractivity contribution in [3.05, 3.63) is 0 Å². The predicted molar refractivity (Wildman–Crippen MR) is 29.8 cm³/mol. The Morgan fingerprint density at radius 3 is 2.62 bits per heavy atom. The lowest BCUT2D eigenvalue weighted by Gasteiger charge is -1.98. The molecular formula is C3H10N4O. The van der Waals surface area contributed by atoms with Crippen molar-refractivity contribution in [3.63, 3.8) is 0 Å². The topological polar surface area (TPSA) is 93.2 Å². The van der Waals surface area contributed by atoms with E-state index in [1.54, 1.807) is 0 Å². The second kappa shape index (κ2) is 4.35. The van der Waals surface area contributed by atoms with Gasteiger partial charge in [0, 0.05) is 13.1 Å². The Kier molecular flexibility index (Phi) is 3.91. The monoisotopic (exact) mass is 118 g/mol. The average Bonchev–Trinajstić information content (AvgIpc) is 1.83. The van der Waals surface area contributed by atoms with Gasteiger partial charge in [-0.15, -0.1) is 0 Å².